The zero-order valence-electron chi connectivity index (χ0n) is 34.5. The second kappa shape index (κ2) is 14.6. The second-order valence-electron chi connectivity index (χ2n) is 16.3. The van der Waals surface area contributed by atoms with Gasteiger partial charge in [-0.15, -0.1) is 0 Å². The van der Waals surface area contributed by atoms with Crippen molar-refractivity contribution in [3.63, 3.8) is 0 Å². The molecule has 0 fully saturated rings. The van der Waals surface area contributed by atoms with Gasteiger partial charge >= 0.3 is 0 Å². The number of anilines is 3. The van der Waals surface area contributed by atoms with E-state index in [0.717, 1.165) is 56.3 Å². The van der Waals surface area contributed by atoms with Gasteiger partial charge in [0.2, 0.25) is 0 Å². The third-order valence-electron chi connectivity index (χ3n) is 12.9. The fourth-order valence-electron chi connectivity index (χ4n) is 10.2. The predicted octanol–water partition coefficient (Wildman–Crippen LogP) is 11.0. The lowest BCUT2D eigenvalue weighted by molar-refractivity contribution is 0.402. The number of aromatic nitrogens is 4. The van der Waals surface area contributed by atoms with Gasteiger partial charge in [-0.2, -0.15) is 0 Å². The van der Waals surface area contributed by atoms with Crippen LogP contribution < -0.4 is 25.6 Å². The van der Waals surface area contributed by atoms with E-state index < -0.39 is 14.2 Å². The van der Waals surface area contributed by atoms with Crippen molar-refractivity contribution in [2.75, 3.05) is 4.90 Å². The highest BCUT2D eigenvalue weighted by Gasteiger charge is 2.51. The topological polar surface area (TPSA) is 38.9 Å². The highest BCUT2D eigenvalue weighted by molar-refractivity contribution is 7.22. The maximum Gasteiger partial charge on any atom is 0.186 e. The van der Waals surface area contributed by atoms with Crippen LogP contribution in [0.3, 0.4) is 0 Å². The zero-order valence-corrected chi connectivity index (χ0v) is 35.5. The molecule has 300 valence electrons. The summed E-state index contributed by atoms with van der Waals surface area (Å²) in [5.74, 6) is 1.57. The molecule has 12 rings (SSSR count). The van der Waals surface area contributed by atoms with E-state index >= 15 is 4.39 Å². The van der Waals surface area contributed by atoms with Gasteiger partial charge in [0.05, 0.1) is 27.8 Å². The number of para-hydroxylation sites is 4. The minimum atomic E-state index is -3.28. The molecule has 0 radical (unpaired) electrons. The Hall–Kier alpha value is -7.87. The molecular weight excluding hydrogens is 790 g/mol. The van der Waals surface area contributed by atoms with E-state index in [-0.39, 0.29) is 0 Å². The minimum Gasteiger partial charge on any atom is -0.327 e. The molecule has 4 heterocycles. The van der Waals surface area contributed by atoms with Crippen LogP contribution in [0.5, 0.6) is 0 Å². The summed E-state index contributed by atoms with van der Waals surface area (Å²) in [4.78, 5) is 12.3. The smallest absolute Gasteiger partial charge is 0.186 e. The van der Waals surface area contributed by atoms with Crippen LogP contribution in [0.4, 0.5) is 21.6 Å². The molecule has 3 aromatic heterocycles. The number of alkyl halides is 1. The van der Waals surface area contributed by atoms with Crippen molar-refractivity contribution >= 4 is 78.9 Å². The van der Waals surface area contributed by atoms with Crippen LogP contribution in [-0.4, -0.2) is 27.2 Å². The number of benzene rings is 8. The Labute approximate surface area is 365 Å². The Morgan fingerprint density at radius 1 is 0.540 bits per heavy atom. The molecule has 63 heavy (non-hydrogen) atoms. The van der Waals surface area contributed by atoms with Crippen molar-refractivity contribution < 1.29 is 4.39 Å². The van der Waals surface area contributed by atoms with E-state index in [0.29, 0.717) is 11.1 Å². The number of hydrogen-bond acceptors (Lipinski definition) is 3. The Bertz CT molecular complexity index is 3460. The molecule has 0 aliphatic carbocycles. The van der Waals surface area contributed by atoms with Crippen molar-refractivity contribution in [3.05, 3.63) is 230 Å². The molecule has 8 aromatic carbocycles. The molecule has 1 aliphatic heterocycles. The lowest BCUT2D eigenvalue weighted by Gasteiger charge is -2.45. The van der Waals surface area contributed by atoms with Gasteiger partial charge < -0.3 is 9.13 Å². The molecule has 0 bridgehead atoms. The van der Waals surface area contributed by atoms with Crippen molar-refractivity contribution in [1.29, 1.82) is 0 Å². The number of hydrogen-bond donors (Lipinski definition) is 0. The van der Waals surface area contributed by atoms with Gasteiger partial charge in [0.25, 0.3) is 0 Å². The summed E-state index contributed by atoms with van der Waals surface area (Å²) in [6.45, 7) is 0. The van der Waals surface area contributed by atoms with Gasteiger partial charge in [0.15, 0.2) is 14.2 Å². The molecule has 0 amide bonds. The van der Waals surface area contributed by atoms with Crippen molar-refractivity contribution in [2.45, 2.75) is 6.17 Å². The maximum absolute atomic E-state index is 17.6. The summed E-state index contributed by atoms with van der Waals surface area (Å²) in [6, 6.07) is 74.3. The van der Waals surface area contributed by atoms with Crippen LogP contribution in [0, 0.1) is 0 Å². The Morgan fingerprint density at radius 3 is 1.94 bits per heavy atom. The predicted molar refractivity (Wildman–Crippen MR) is 260 cm³/mol. The molecule has 1 aliphatic rings. The van der Waals surface area contributed by atoms with Crippen molar-refractivity contribution in [2.24, 2.45) is 7.05 Å². The first kappa shape index (κ1) is 36.9. The van der Waals surface area contributed by atoms with Gasteiger partial charge in [-0.3, -0.25) is 4.90 Å². The Kier molecular flexibility index (Phi) is 8.59. The first-order valence-electron chi connectivity index (χ1n) is 21.4. The number of pyridine rings is 1. The average molecular weight is 830 g/mol. The third-order valence-corrected chi connectivity index (χ3v) is 17.8. The third kappa shape index (κ3) is 5.60. The van der Waals surface area contributed by atoms with E-state index in [4.69, 9.17) is 9.97 Å². The average Bonchev–Trinajstić information content (AvgIpc) is 3.88. The maximum atomic E-state index is 17.6. The van der Waals surface area contributed by atoms with Gasteiger partial charge in [0, 0.05) is 46.1 Å². The molecular formula is C56H40FN5Si. The molecule has 7 heteroatoms. The molecule has 11 aromatic rings. The molecule has 0 saturated heterocycles. The van der Waals surface area contributed by atoms with Crippen LogP contribution in [0.1, 0.15) is 17.3 Å². The van der Waals surface area contributed by atoms with Gasteiger partial charge in [-0.1, -0.05) is 152 Å². The number of fused-ring (bicyclic) bond motifs is 7. The summed E-state index contributed by atoms with van der Waals surface area (Å²) >= 11 is 0. The van der Waals surface area contributed by atoms with Crippen LogP contribution in [0.25, 0.3) is 49.9 Å². The molecule has 1 atom stereocenters. The highest BCUT2D eigenvalue weighted by Crippen LogP contribution is 2.44. The van der Waals surface area contributed by atoms with Gasteiger partial charge in [-0.05, 0) is 87.4 Å². The summed E-state index contributed by atoms with van der Waals surface area (Å²) in [5.41, 5.74) is 9.31. The quantitative estimate of drug-likeness (QED) is 0.150. The lowest BCUT2D eigenvalue weighted by Crippen LogP contribution is -2.77. The first-order valence-corrected chi connectivity index (χ1v) is 23.4. The standard InChI is InChI=1S/C56H40FN5Si/c1-60-48-29-14-12-27-46(48)59-56(60)40-19-17-18-38(36-40)53(57)39-31-34-51-50(37-39)62(52-30-15-16-35-58-52)49-33-32-45-44-26-11-13-28-47(44)61(41-20-5-2-6-21-41)54(45)55(49)63(51,42-22-7-3-8-23-42)43-24-9-4-10-25-43/h2-37,53H,1H3. The van der Waals surface area contributed by atoms with Gasteiger partial charge in [-0.25, -0.2) is 14.4 Å². The number of halogens is 1. The van der Waals surface area contributed by atoms with E-state index in [1.54, 1.807) is 0 Å². The fraction of sp³-hybridized carbons (Fsp3) is 0.0357. The SMILES string of the molecule is Cn1c(-c2cccc(C(F)c3ccc4c(c3)N(c3ccccn3)c3ccc5c6ccccc6n(-c6ccccc6)c5c3[Si]4(c3ccccc3)c3ccccc3)c2)nc2ccccc21. The normalized spacial score (nSPS) is 13.6. The lowest BCUT2D eigenvalue weighted by atomic mass is 9.99. The van der Waals surface area contributed by atoms with Crippen LogP contribution in [0.2, 0.25) is 0 Å². The number of aryl methyl sites for hydroxylation is 1. The fourth-order valence-corrected chi connectivity index (χ4v) is 15.5. The van der Waals surface area contributed by atoms with Crippen LogP contribution in [-0.2, 0) is 7.05 Å². The second-order valence-corrected chi connectivity index (χ2v) is 20.0. The summed E-state index contributed by atoms with van der Waals surface area (Å²) < 4.78 is 22.2. The van der Waals surface area contributed by atoms with E-state index in [2.05, 4.69) is 166 Å². The van der Waals surface area contributed by atoms with Crippen LogP contribution >= 0.6 is 0 Å². The Morgan fingerprint density at radius 2 is 1.21 bits per heavy atom. The largest absolute Gasteiger partial charge is 0.327 e. The molecule has 0 N–H and O–H groups in total. The van der Waals surface area contributed by atoms with E-state index in [9.17, 15) is 0 Å². The number of imidazole rings is 1. The highest BCUT2D eigenvalue weighted by atomic mass is 28.3. The molecule has 1 unspecified atom stereocenters. The number of rotatable bonds is 7. The molecule has 5 nitrogen and oxygen atoms in total. The Balaban J connectivity index is 1.17. The van der Waals surface area contributed by atoms with Gasteiger partial charge in [0.1, 0.15) is 11.6 Å². The molecule has 0 spiro atoms. The summed E-state index contributed by atoms with van der Waals surface area (Å²) in [7, 11) is -1.26. The minimum absolute atomic E-state index is 0.573. The first-order chi connectivity index (χ1) is 31.1. The van der Waals surface area contributed by atoms with Crippen molar-refractivity contribution in [1.82, 2.24) is 19.1 Å². The van der Waals surface area contributed by atoms with E-state index in [1.165, 1.54) is 31.5 Å². The zero-order chi connectivity index (χ0) is 42.1. The summed E-state index contributed by atoms with van der Waals surface area (Å²) in [6.07, 6.45) is 0.431. The van der Waals surface area contributed by atoms with Crippen LogP contribution in [0.15, 0.2) is 219 Å². The monoisotopic (exact) mass is 829 g/mol. The molecule has 0 saturated carbocycles. The van der Waals surface area contributed by atoms with Crippen molar-refractivity contribution in [3.8, 4) is 17.1 Å². The van der Waals surface area contributed by atoms with E-state index in [1.807, 2.05) is 73.9 Å². The number of nitrogens with zero attached hydrogens (tertiary/aromatic N) is 5. The summed E-state index contributed by atoms with van der Waals surface area (Å²) in [5, 5.41) is 7.29.